The second kappa shape index (κ2) is 12.7. The van der Waals surface area contributed by atoms with Crippen LogP contribution < -0.4 is 10.1 Å². The van der Waals surface area contributed by atoms with Gasteiger partial charge < -0.3 is 25.0 Å². The maximum Gasteiger partial charge on any atom is 0.274 e. The van der Waals surface area contributed by atoms with Crippen LogP contribution in [0.3, 0.4) is 0 Å². The van der Waals surface area contributed by atoms with E-state index in [-0.39, 0.29) is 29.2 Å². The van der Waals surface area contributed by atoms with E-state index in [1.165, 1.54) is 30.5 Å². The Kier molecular flexibility index (Phi) is 9.14. The number of nitrogens with zero attached hydrogens (tertiary/aromatic N) is 1. The Morgan fingerprint density at radius 3 is 2.32 bits per heavy atom. The lowest BCUT2D eigenvalue weighted by molar-refractivity contribution is -0.162. The summed E-state index contributed by atoms with van der Waals surface area (Å²) in [5.74, 6) is -0.246. The molecule has 0 aliphatic carbocycles. The van der Waals surface area contributed by atoms with Crippen LogP contribution >= 0.6 is 0 Å². The summed E-state index contributed by atoms with van der Waals surface area (Å²) in [4.78, 5) is 17.0. The number of rotatable bonds is 7. The molecule has 1 amide bonds. The Bertz CT molecular complexity index is 1140. The highest BCUT2D eigenvalue weighted by molar-refractivity contribution is 5.95. The van der Waals surface area contributed by atoms with Crippen LogP contribution in [-0.2, 0) is 17.6 Å². The second-order valence-corrected chi connectivity index (χ2v) is 9.76. The molecule has 5 unspecified atom stereocenters. The van der Waals surface area contributed by atoms with Gasteiger partial charge in [0.2, 0.25) is 0 Å². The zero-order chi connectivity index (χ0) is 26.2. The molecule has 0 saturated carbocycles. The van der Waals surface area contributed by atoms with E-state index >= 15 is 0 Å². The van der Waals surface area contributed by atoms with Crippen LogP contribution in [0.4, 0.5) is 0 Å². The minimum absolute atomic E-state index is 0.150. The summed E-state index contributed by atoms with van der Waals surface area (Å²) in [6.45, 7) is 2.01. The molecule has 1 fully saturated rings. The number of pyridine rings is 1. The summed E-state index contributed by atoms with van der Waals surface area (Å²) in [5.41, 5.74) is 2.37. The van der Waals surface area contributed by atoms with Crippen LogP contribution in [-0.4, -0.2) is 46.6 Å². The number of methoxy groups -OCH3 is 1. The van der Waals surface area contributed by atoms with Gasteiger partial charge in [0.05, 0.1) is 19.3 Å². The smallest absolute Gasteiger partial charge is 0.274 e. The first kappa shape index (κ1) is 26.6. The van der Waals surface area contributed by atoms with Crippen molar-refractivity contribution < 1.29 is 24.5 Å². The third-order valence-corrected chi connectivity index (χ3v) is 7.29. The van der Waals surface area contributed by atoms with Crippen molar-refractivity contribution in [2.45, 2.75) is 57.5 Å². The van der Waals surface area contributed by atoms with Crippen LogP contribution in [0, 0.1) is 11.8 Å². The lowest BCUT2D eigenvalue weighted by atomic mass is 9.77. The van der Waals surface area contributed by atoms with Gasteiger partial charge in [0.15, 0.2) is 23.5 Å². The van der Waals surface area contributed by atoms with E-state index in [9.17, 15) is 15.0 Å². The van der Waals surface area contributed by atoms with Gasteiger partial charge in [-0.1, -0.05) is 67.1 Å². The summed E-state index contributed by atoms with van der Waals surface area (Å²) < 4.78 is 11.3. The fraction of sp³-hybridized carbons (Fsp3) is 0.400. The Morgan fingerprint density at radius 1 is 1.03 bits per heavy atom. The van der Waals surface area contributed by atoms with E-state index < -0.39 is 18.2 Å². The molecule has 7 heteroatoms. The van der Waals surface area contributed by atoms with Gasteiger partial charge in [-0.3, -0.25) is 4.79 Å². The normalized spacial score (nSPS) is 24.4. The monoisotopic (exact) mass is 504 g/mol. The highest BCUT2D eigenvalue weighted by Gasteiger charge is 2.34. The lowest BCUT2D eigenvalue weighted by Crippen LogP contribution is -2.46. The van der Waals surface area contributed by atoms with Crippen molar-refractivity contribution >= 4 is 5.91 Å². The third kappa shape index (κ3) is 6.87. The highest BCUT2D eigenvalue weighted by atomic mass is 16.6. The Balaban J connectivity index is 1.54. The van der Waals surface area contributed by atoms with Gasteiger partial charge >= 0.3 is 0 Å². The molecule has 37 heavy (non-hydrogen) atoms. The summed E-state index contributed by atoms with van der Waals surface area (Å²) in [7, 11) is 1.41. The van der Waals surface area contributed by atoms with E-state index in [0.717, 1.165) is 25.7 Å². The molecule has 1 aromatic heterocycles. The highest BCUT2D eigenvalue weighted by Crippen LogP contribution is 2.33. The van der Waals surface area contributed by atoms with Crippen molar-refractivity contribution in [1.82, 2.24) is 10.3 Å². The largest absolute Gasteiger partial charge is 0.503 e. The van der Waals surface area contributed by atoms with Gasteiger partial charge in [0.25, 0.3) is 5.91 Å². The number of carbonyl (C=O) groups is 1. The summed E-state index contributed by atoms with van der Waals surface area (Å²) in [6.07, 6.45) is 3.98. The van der Waals surface area contributed by atoms with Crippen LogP contribution in [0.2, 0.25) is 0 Å². The molecule has 196 valence electrons. The molecule has 2 heterocycles. The standard InChI is InChI=1S/C30H36N2O5/c1-20-24(19-22-12-7-4-8-13-22)23(18-21-10-5-3-6-11-21)14-9-15-25(30(35)37-20)32-29(34)27-28(33)26(36-2)16-17-31-27/h3-8,10-13,16-17,20,23-25,30,33,35H,9,14-15,18-19H2,1-2H3,(H,32,34). The number of aromatic hydroxyl groups is 1. The number of hydrogen-bond acceptors (Lipinski definition) is 6. The maximum atomic E-state index is 13.0. The van der Waals surface area contributed by atoms with Crippen LogP contribution in [0.15, 0.2) is 72.9 Å². The van der Waals surface area contributed by atoms with Gasteiger partial charge in [-0.25, -0.2) is 4.98 Å². The van der Waals surface area contributed by atoms with E-state index in [2.05, 4.69) is 46.7 Å². The fourth-order valence-corrected chi connectivity index (χ4v) is 5.29. The predicted octanol–water partition coefficient (Wildman–Crippen LogP) is 4.52. The van der Waals surface area contributed by atoms with Crippen LogP contribution in [0.25, 0.3) is 0 Å². The average Bonchev–Trinajstić information content (AvgIpc) is 2.95. The minimum atomic E-state index is -1.19. The molecule has 3 N–H and O–H groups in total. The molecule has 0 radical (unpaired) electrons. The van der Waals surface area contributed by atoms with Crippen molar-refractivity contribution in [1.29, 1.82) is 0 Å². The quantitative estimate of drug-likeness (QED) is 0.437. The number of ether oxygens (including phenoxy) is 2. The summed E-state index contributed by atoms with van der Waals surface area (Å²) in [5, 5.41) is 24.2. The first-order valence-corrected chi connectivity index (χ1v) is 12.9. The number of amides is 1. The third-order valence-electron chi connectivity index (χ3n) is 7.29. The van der Waals surface area contributed by atoms with E-state index in [1.54, 1.807) is 0 Å². The number of aromatic nitrogens is 1. The molecular weight excluding hydrogens is 468 g/mol. The first-order valence-electron chi connectivity index (χ1n) is 12.9. The van der Waals surface area contributed by atoms with Gasteiger partial charge in [-0.2, -0.15) is 0 Å². The number of benzene rings is 2. The SMILES string of the molecule is COc1ccnc(C(=O)NC2CCCC(Cc3ccccc3)C(Cc3ccccc3)C(C)OC2O)c1O. The number of hydrogen-bond donors (Lipinski definition) is 3. The number of nitrogens with one attached hydrogen (secondary N) is 1. The number of aliphatic hydroxyl groups excluding tert-OH is 1. The van der Waals surface area contributed by atoms with Crippen molar-refractivity contribution in [3.8, 4) is 11.5 Å². The van der Waals surface area contributed by atoms with E-state index in [4.69, 9.17) is 9.47 Å². The first-order chi connectivity index (χ1) is 18.0. The van der Waals surface area contributed by atoms with Crippen molar-refractivity contribution in [3.63, 3.8) is 0 Å². The topological polar surface area (TPSA) is 101 Å². The average molecular weight is 505 g/mol. The molecule has 0 bridgehead atoms. The summed E-state index contributed by atoms with van der Waals surface area (Å²) in [6, 6.07) is 21.7. The van der Waals surface area contributed by atoms with Gasteiger partial charge in [0, 0.05) is 12.3 Å². The number of aliphatic hydroxyl groups is 1. The zero-order valence-corrected chi connectivity index (χ0v) is 21.4. The Morgan fingerprint density at radius 2 is 1.68 bits per heavy atom. The lowest BCUT2D eigenvalue weighted by Gasteiger charge is -2.33. The summed E-state index contributed by atoms with van der Waals surface area (Å²) >= 11 is 0. The molecule has 4 rings (SSSR count). The van der Waals surface area contributed by atoms with Gasteiger partial charge in [-0.15, -0.1) is 0 Å². The molecular formula is C30H36N2O5. The minimum Gasteiger partial charge on any atom is -0.503 e. The maximum absolute atomic E-state index is 13.0. The van der Waals surface area contributed by atoms with E-state index in [0.29, 0.717) is 12.3 Å². The predicted molar refractivity (Wildman–Crippen MR) is 141 cm³/mol. The molecule has 7 nitrogen and oxygen atoms in total. The fourth-order valence-electron chi connectivity index (χ4n) is 5.29. The van der Waals surface area contributed by atoms with Crippen LogP contribution in [0.1, 0.15) is 47.8 Å². The van der Waals surface area contributed by atoms with Crippen molar-refractivity contribution in [2.24, 2.45) is 11.8 Å². The van der Waals surface area contributed by atoms with Gasteiger partial charge in [-0.05, 0) is 55.6 Å². The van der Waals surface area contributed by atoms with Crippen molar-refractivity contribution in [2.75, 3.05) is 7.11 Å². The Labute approximate surface area is 218 Å². The molecule has 0 spiro atoms. The molecule has 2 aromatic carbocycles. The van der Waals surface area contributed by atoms with Crippen LogP contribution in [0.5, 0.6) is 11.5 Å². The molecule has 1 saturated heterocycles. The van der Waals surface area contributed by atoms with E-state index in [1.807, 2.05) is 31.2 Å². The van der Waals surface area contributed by atoms with Crippen molar-refractivity contribution in [3.05, 3.63) is 89.7 Å². The molecule has 5 atom stereocenters. The molecule has 1 aliphatic heterocycles. The zero-order valence-electron chi connectivity index (χ0n) is 21.4. The number of carbonyl (C=O) groups excluding carboxylic acids is 1. The molecule has 1 aliphatic rings. The molecule has 3 aromatic rings. The second-order valence-electron chi connectivity index (χ2n) is 9.76. The van der Waals surface area contributed by atoms with Gasteiger partial charge in [0.1, 0.15) is 0 Å². The Hall–Kier alpha value is -3.42.